The Morgan fingerprint density at radius 2 is 2.00 bits per heavy atom. The molecule has 128 valence electrons. The first kappa shape index (κ1) is 17.6. The Hall–Kier alpha value is -2.19. The molecule has 0 aliphatic heterocycles. The van der Waals surface area contributed by atoms with E-state index in [2.05, 4.69) is 36.2 Å². The highest BCUT2D eigenvalue weighted by Gasteiger charge is 2.18. The number of carbonyl (C=O) groups is 2. The Morgan fingerprint density at radius 1 is 1.28 bits per heavy atom. The van der Waals surface area contributed by atoms with Crippen LogP contribution < -0.4 is 5.32 Å². The van der Waals surface area contributed by atoms with Crippen LogP contribution in [0.1, 0.15) is 24.2 Å². The average molecular weight is 419 g/mol. The van der Waals surface area contributed by atoms with Crippen LogP contribution in [0.5, 0.6) is 0 Å². The van der Waals surface area contributed by atoms with Crippen LogP contribution in [-0.2, 0) is 4.79 Å². The van der Waals surface area contributed by atoms with Crippen molar-refractivity contribution in [1.82, 2.24) is 15.0 Å². The number of thioether (sulfide) groups is 1. The van der Waals surface area contributed by atoms with Crippen LogP contribution in [0.2, 0.25) is 0 Å². The summed E-state index contributed by atoms with van der Waals surface area (Å²) in [5.41, 5.74) is 2.69. The Balaban J connectivity index is 1.71. The van der Waals surface area contributed by atoms with Crippen LogP contribution >= 0.6 is 27.7 Å². The van der Waals surface area contributed by atoms with E-state index in [1.807, 2.05) is 13.0 Å². The molecule has 8 heteroatoms. The number of amides is 1. The van der Waals surface area contributed by atoms with Crippen molar-refractivity contribution in [1.29, 1.82) is 0 Å². The molecular formula is C17H15BrN4O2S. The Labute approximate surface area is 157 Å². The number of halogens is 1. The van der Waals surface area contributed by atoms with E-state index in [9.17, 15) is 9.59 Å². The van der Waals surface area contributed by atoms with Gasteiger partial charge in [-0.2, -0.15) is 0 Å². The molecule has 0 spiro atoms. The highest BCUT2D eigenvalue weighted by atomic mass is 79.9. The summed E-state index contributed by atoms with van der Waals surface area (Å²) >= 11 is 4.72. The SMILES string of the molecule is CC(=O)Nc1ccc(C(=O)[C@H](C)Sc2nc3ncc(Br)cc3[nH]2)cc1. The van der Waals surface area contributed by atoms with Crippen LogP contribution in [0, 0.1) is 0 Å². The van der Waals surface area contributed by atoms with Crippen LogP contribution in [0.25, 0.3) is 11.2 Å². The lowest BCUT2D eigenvalue weighted by molar-refractivity contribution is -0.114. The van der Waals surface area contributed by atoms with Gasteiger partial charge in [0.25, 0.3) is 0 Å². The van der Waals surface area contributed by atoms with Gasteiger partial charge in [0.05, 0.1) is 10.8 Å². The van der Waals surface area contributed by atoms with Crippen molar-refractivity contribution in [2.75, 3.05) is 5.32 Å². The van der Waals surface area contributed by atoms with Gasteiger partial charge in [0.15, 0.2) is 16.6 Å². The fraction of sp³-hybridized carbons (Fsp3) is 0.176. The molecule has 0 unspecified atom stereocenters. The Bertz CT molecular complexity index is 939. The van der Waals surface area contributed by atoms with Crippen molar-refractivity contribution in [2.24, 2.45) is 0 Å². The maximum Gasteiger partial charge on any atom is 0.221 e. The van der Waals surface area contributed by atoms with Gasteiger partial charge in [-0.05, 0) is 53.2 Å². The van der Waals surface area contributed by atoms with Gasteiger partial charge in [-0.15, -0.1) is 0 Å². The molecule has 0 aliphatic carbocycles. The quantitative estimate of drug-likeness (QED) is 0.482. The summed E-state index contributed by atoms with van der Waals surface area (Å²) in [6, 6.07) is 8.75. The Morgan fingerprint density at radius 3 is 2.68 bits per heavy atom. The van der Waals surface area contributed by atoms with E-state index >= 15 is 0 Å². The van der Waals surface area contributed by atoms with Crippen molar-refractivity contribution in [3.05, 3.63) is 46.6 Å². The lowest BCUT2D eigenvalue weighted by Gasteiger charge is -2.09. The lowest BCUT2D eigenvalue weighted by Crippen LogP contribution is -2.14. The highest BCUT2D eigenvalue weighted by Crippen LogP contribution is 2.26. The lowest BCUT2D eigenvalue weighted by atomic mass is 10.1. The number of rotatable bonds is 5. The highest BCUT2D eigenvalue weighted by molar-refractivity contribution is 9.10. The summed E-state index contributed by atoms with van der Waals surface area (Å²) in [6.07, 6.45) is 1.68. The molecule has 0 saturated heterocycles. The first-order chi connectivity index (χ1) is 11.9. The number of Topliss-reactive ketones (excluding diaryl/α,β-unsaturated/α-hetero) is 1. The molecule has 25 heavy (non-hydrogen) atoms. The molecule has 0 saturated carbocycles. The summed E-state index contributed by atoms with van der Waals surface area (Å²) in [7, 11) is 0. The second-order valence-electron chi connectivity index (χ2n) is 5.45. The van der Waals surface area contributed by atoms with Crippen LogP contribution in [0.4, 0.5) is 5.69 Å². The van der Waals surface area contributed by atoms with Gasteiger partial charge < -0.3 is 10.3 Å². The van der Waals surface area contributed by atoms with Gasteiger partial charge in [0.2, 0.25) is 5.91 Å². The van der Waals surface area contributed by atoms with Crippen LogP contribution in [0.15, 0.2) is 46.2 Å². The van der Waals surface area contributed by atoms with Gasteiger partial charge in [-0.25, -0.2) is 9.97 Å². The average Bonchev–Trinajstić information content (AvgIpc) is 2.95. The van der Waals surface area contributed by atoms with Gasteiger partial charge >= 0.3 is 0 Å². The predicted octanol–water partition coefficient (Wildman–Crippen LogP) is 4.04. The zero-order valence-electron chi connectivity index (χ0n) is 13.5. The fourth-order valence-corrected chi connectivity index (χ4v) is 3.50. The van der Waals surface area contributed by atoms with E-state index < -0.39 is 0 Å². The minimum atomic E-state index is -0.310. The van der Waals surface area contributed by atoms with E-state index in [0.717, 1.165) is 9.99 Å². The number of ketones is 1. The predicted molar refractivity (Wildman–Crippen MR) is 102 cm³/mol. The van der Waals surface area contributed by atoms with E-state index in [0.29, 0.717) is 22.1 Å². The zero-order valence-corrected chi connectivity index (χ0v) is 15.9. The number of carbonyl (C=O) groups excluding carboxylic acids is 2. The molecule has 1 amide bonds. The van der Waals surface area contributed by atoms with Gasteiger partial charge in [0, 0.05) is 28.8 Å². The molecule has 0 radical (unpaired) electrons. The first-order valence-corrected chi connectivity index (χ1v) is 9.19. The molecule has 0 aliphatic rings. The Kier molecular flexibility index (Phi) is 5.19. The number of fused-ring (bicyclic) bond motifs is 1. The van der Waals surface area contributed by atoms with Gasteiger partial charge in [-0.1, -0.05) is 11.8 Å². The third-order valence-corrected chi connectivity index (χ3v) is 4.85. The van der Waals surface area contributed by atoms with E-state index in [4.69, 9.17) is 0 Å². The second-order valence-corrected chi connectivity index (χ2v) is 7.69. The minimum absolute atomic E-state index is 0.00558. The number of nitrogens with zero attached hydrogens (tertiary/aromatic N) is 2. The summed E-state index contributed by atoms with van der Waals surface area (Å²) in [5.74, 6) is -0.151. The molecular weight excluding hydrogens is 404 g/mol. The van der Waals surface area contributed by atoms with E-state index in [1.54, 1.807) is 30.5 Å². The van der Waals surface area contributed by atoms with Crippen molar-refractivity contribution in [3.63, 3.8) is 0 Å². The first-order valence-electron chi connectivity index (χ1n) is 7.52. The molecule has 2 N–H and O–H groups in total. The molecule has 1 atom stereocenters. The summed E-state index contributed by atoms with van der Waals surface area (Å²) < 4.78 is 0.864. The number of aromatic nitrogens is 3. The molecule has 0 fully saturated rings. The summed E-state index contributed by atoms with van der Waals surface area (Å²) in [4.78, 5) is 35.4. The van der Waals surface area contributed by atoms with Crippen molar-refractivity contribution < 1.29 is 9.59 Å². The number of benzene rings is 1. The van der Waals surface area contributed by atoms with Gasteiger partial charge in [-0.3, -0.25) is 9.59 Å². The number of hydrogen-bond acceptors (Lipinski definition) is 5. The topological polar surface area (TPSA) is 87.7 Å². The monoisotopic (exact) mass is 418 g/mol. The zero-order chi connectivity index (χ0) is 18.0. The van der Waals surface area contributed by atoms with Crippen molar-refractivity contribution >= 4 is 56.2 Å². The number of imidazole rings is 1. The maximum absolute atomic E-state index is 12.6. The normalized spacial score (nSPS) is 12.1. The number of H-pyrrole nitrogens is 1. The molecule has 2 aromatic heterocycles. The third kappa shape index (κ3) is 4.26. The number of hydrogen-bond donors (Lipinski definition) is 2. The summed E-state index contributed by atoms with van der Waals surface area (Å²) in [5, 5.41) is 3.02. The van der Waals surface area contributed by atoms with E-state index in [-0.39, 0.29) is 16.9 Å². The summed E-state index contributed by atoms with van der Waals surface area (Å²) in [6.45, 7) is 3.28. The van der Waals surface area contributed by atoms with Crippen molar-refractivity contribution in [2.45, 2.75) is 24.3 Å². The number of pyridine rings is 1. The molecule has 3 rings (SSSR count). The number of anilines is 1. The molecule has 3 aromatic rings. The van der Waals surface area contributed by atoms with Crippen LogP contribution in [0.3, 0.4) is 0 Å². The minimum Gasteiger partial charge on any atom is -0.331 e. The smallest absolute Gasteiger partial charge is 0.221 e. The molecule has 2 heterocycles. The largest absolute Gasteiger partial charge is 0.331 e. The molecule has 0 bridgehead atoms. The van der Waals surface area contributed by atoms with Gasteiger partial charge in [0.1, 0.15) is 0 Å². The van der Waals surface area contributed by atoms with Crippen LogP contribution in [-0.4, -0.2) is 31.9 Å². The van der Waals surface area contributed by atoms with Crippen molar-refractivity contribution in [3.8, 4) is 0 Å². The number of aromatic amines is 1. The second kappa shape index (κ2) is 7.37. The molecule has 6 nitrogen and oxygen atoms in total. The fourth-order valence-electron chi connectivity index (χ4n) is 2.29. The molecule has 1 aromatic carbocycles. The number of nitrogens with one attached hydrogen (secondary N) is 2. The standard InChI is InChI=1S/C17H15BrN4O2S/c1-9(15(24)11-3-5-13(6-4-11)20-10(2)23)25-17-21-14-7-12(18)8-19-16(14)22-17/h3-9H,1-2H3,(H,20,23)(H,19,21,22)/t9-/m0/s1. The maximum atomic E-state index is 12.6. The third-order valence-electron chi connectivity index (χ3n) is 3.43. The van der Waals surface area contributed by atoms with E-state index in [1.165, 1.54) is 18.7 Å².